The summed E-state index contributed by atoms with van der Waals surface area (Å²) in [6.07, 6.45) is 13.2. The van der Waals surface area contributed by atoms with Crippen molar-refractivity contribution in [3.8, 4) is 11.5 Å². The van der Waals surface area contributed by atoms with E-state index in [9.17, 15) is 4.79 Å². The number of carbonyl (C=O) groups excluding carboxylic acids is 1. The van der Waals surface area contributed by atoms with Crippen molar-refractivity contribution in [1.29, 1.82) is 0 Å². The van der Waals surface area contributed by atoms with Gasteiger partial charge in [0.25, 0.3) is 0 Å². The van der Waals surface area contributed by atoms with Gasteiger partial charge in [-0.05, 0) is 62.8 Å². The Labute approximate surface area is 227 Å². The zero-order chi connectivity index (χ0) is 26.3. The van der Waals surface area contributed by atoms with Crippen LogP contribution in [0, 0.1) is 5.92 Å². The van der Waals surface area contributed by atoms with E-state index < -0.39 is 0 Å². The maximum Gasteiger partial charge on any atom is 0.225 e. The van der Waals surface area contributed by atoms with E-state index in [1.807, 2.05) is 48.9 Å². The molecule has 2 N–H and O–H groups in total. The van der Waals surface area contributed by atoms with Gasteiger partial charge in [-0.3, -0.25) is 14.7 Å². The first-order chi connectivity index (χ1) is 19.1. The van der Waals surface area contributed by atoms with Gasteiger partial charge in [-0.15, -0.1) is 0 Å². The number of anilines is 1. The molecule has 4 aromatic heterocycles. The minimum atomic E-state index is 0.109. The van der Waals surface area contributed by atoms with Crippen LogP contribution in [0.2, 0.25) is 0 Å². The van der Waals surface area contributed by atoms with Gasteiger partial charge in [0.15, 0.2) is 11.5 Å². The molecule has 2 bridgehead atoms. The highest BCUT2D eigenvalue weighted by molar-refractivity contribution is 5.79. The zero-order valence-corrected chi connectivity index (χ0v) is 21.9. The maximum atomic E-state index is 13.7. The molecule has 0 radical (unpaired) electrons. The van der Waals surface area contributed by atoms with Crippen LogP contribution in [0.25, 0.3) is 22.7 Å². The zero-order valence-electron chi connectivity index (χ0n) is 21.9. The predicted octanol–water partition coefficient (Wildman–Crippen LogP) is 3.47. The van der Waals surface area contributed by atoms with Crippen LogP contribution in [0.5, 0.6) is 0 Å². The predicted molar refractivity (Wildman–Crippen MR) is 147 cm³/mol. The first-order valence-electron chi connectivity index (χ1n) is 14.0. The first-order valence-corrected chi connectivity index (χ1v) is 14.0. The van der Waals surface area contributed by atoms with E-state index in [1.54, 1.807) is 6.20 Å². The monoisotopic (exact) mass is 523 g/mol. The van der Waals surface area contributed by atoms with E-state index in [1.165, 1.54) is 0 Å². The number of aromatic nitrogens is 6. The molecule has 3 aliphatic heterocycles. The van der Waals surface area contributed by atoms with Crippen molar-refractivity contribution in [3.63, 3.8) is 0 Å². The number of carbonyl (C=O) groups is 1. The number of nitrogens with two attached hydrogens (primary N) is 1. The average molecular weight is 524 g/mol. The normalized spacial score (nSPS) is 23.9. The largest absolute Gasteiger partial charge is 0.368 e. The molecule has 1 amide bonds. The number of hydrogen-bond donors (Lipinski definition) is 1. The molecule has 3 saturated heterocycles. The number of hydrogen-bond acceptors (Lipinski definition) is 8. The second-order valence-corrected chi connectivity index (χ2v) is 11.1. The lowest BCUT2D eigenvalue weighted by atomic mass is 9.88. The van der Waals surface area contributed by atoms with E-state index >= 15 is 0 Å². The number of pyridine rings is 2. The lowest BCUT2D eigenvalue weighted by molar-refractivity contribution is -0.139. The van der Waals surface area contributed by atoms with Gasteiger partial charge in [0.1, 0.15) is 11.2 Å². The Morgan fingerprint density at radius 1 is 0.872 bits per heavy atom. The number of likely N-dealkylation sites (tertiary alicyclic amines) is 1. The molecule has 7 heterocycles. The molecule has 10 heteroatoms. The SMILES string of the molecule is Nc1ncc(CN2C3CCC2CC(C(=O)N2CCC(n4c(-c5ccccn5)nc5cccnc54)CC2)C3)cn1. The van der Waals surface area contributed by atoms with Crippen molar-refractivity contribution in [3.05, 3.63) is 60.7 Å². The van der Waals surface area contributed by atoms with Crippen LogP contribution in [0.1, 0.15) is 50.1 Å². The number of nitrogens with zero attached hydrogens (tertiary/aromatic N) is 8. The van der Waals surface area contributed by atoms with Gasteiger partial charge in [0.05, 0.1) is 0 Å². The lowest BCUT2D eigenvalue weighted by Crippen LogP contribution is -2.49. The third-order valence-electron chi connectivity index (χ3n) is 8.81. The number of nitrogen functional groups attached to an aromatic ring is 1. The second kappa shape index (κ2) is 10.00. The Kier molecular flexibility index (Phi) is 6.19. The average Bonchev–Trinajstić information content (AvgIpc) is 3.47. The highest BCUT2D eigenvalue weighted by Gasteiger charge is 2.44. The molecular formula is C29H33N9O. The summed E-state index contributed by atoms with van der Waals surface area (Å²) in [4.78, 5) is 40.8. The standard InChI is InChI=1S/C29H33N9O/c30-29-33-16-19(17-34-29)18-37-22-6-7-23(37)15-20(14-22)28(39)36-12-8-21(9-13-36)38-26-25(5-3-11-32-26)35-27(38)24-4-1-2-10-31-24/h1-5,10-11,16-17,20-23H,6-9,12-15,18H2,(H2,30,33,34). The van der Waals surface area contributed by atoms with Gasteiger partial charge in [-0.2, -0.15) is 0 Å². The van der Waals surface area contributed by atoms with Crippen LogP contribution in [-0.4, -0.2) is 70.4 Å². The van der Waals surface area contributed by atoms with Crippen molar-refractivity contribution in [2.45, 2.75) is 63.2 Å². The Morgan fingerprint density at radius 2 is 1.62 bits per heavy atom. The molecule has 2 unspecified atom stereocenters. The van der Waals surface area contributed by atoms with Gasteiger partial charge in [0, 0.05) is 74.0 Å². The van der Waals surface area contributed by atoms with Crippen molar-refractivity contribution < 1.29 is 4.79 Å². The highest BCUT2D eigenvalue weighted by Crippen LogP contribution is 2.41. The quantitative estimate of drug-likeness (QED) is 0.422. The number of fused-ring (bicyclic) bond motifs is 3. The van der Waals surface area contributed by atoms with Crippen molar-refractivity contribution in [2.75, 3.05) is 18.8 Å². The van der Waals surface area contributed by atoms with Crippen LogP contribution in [0.4, 0.5) is 5.95 Å². The molecule has 0 aromatic carbocycles. The van der Waals surface area contributed by atoms with Gasteiger partial charge < -0.3 is 15.2 Å². The van der Waals surface area contributed by atoms with Crippen LogP contribution >= 0.6 is 0 Å². The molecule has 0 saturated carbocycles. The van der Waals surface area contributed by atoms with Crippen LogP contribution < -0.4 is 5.73 Å². The summed E-state index contributed by atoms with van der Waals surface area (Å²) in [7, 11) is 0. The topological polar surface area (TPSA) is 119 Å². The Hall–Kier alpha value is -3.92. The smallest absolute Gasteiger partial charge is 0.225 e. The van der Waals surface area contributed by atoms with E-state index in [2.05, 4.69) is 34.3 Å². The summed E-state index contributed by atoms with van der Waals surface area (Å²) in [5.74, 6) is 1.60. The first kappa shape index (κ1) is 24.1. The molecule has 0 spiro atoms. The number of amides is 1. The number of rotatable bonds is 5. The van der Waals surface area contributed by atoms with Crippen molar-refractivity contribution in [2.24, 2.45) is 5.92 Å². The fourth-order valence-electron chi connectivity index (χ4n) is 6.95. The third-order valence-corrected chi connectivity index (χ3v) is 8.81. The summed E-state index contributed by atoms with van der Waals surface area (Å²) in [5.41, 5.74) is 9.35. The molecule has 10 nitrogen and oxygen atoms in total. The molecule has 3 fully saturated rings. The van der Waals surface area contributed by atoms with Crippen LogP contribution in [-0.2, 0) is 11.3 Å². The molecule has 0 aliphatic carbocycles. The Balaban J connectivity index is 1.03. The molecular weight excluding hydrogens is 490 g/mol. The maximum absolute atomic E-state index is 13.7. The fraction of sp³-hybridized carbons (Fsp3) is 0.448. The fourth-order valence-corrected chi connectivity index (χ4v) is 6.95. The van der Waals surface area contributed by atoms with E-state index in [4.69, 9.17) is 10.7 Å². The minimum absolute atomic E-state index is 0.109. The van der Waals surface area contributed by atoms with Crippen molar-refractivity contribution >= 4 is 23.0 Å². The van der Waals surface area contributed by atoms with E-state index in [0.717, 1.165) is 86.4 Å². The van der Waals surface area contributed by atoms with Gasteiger partial charge in [-0.25, -0.2) is 19.9 Å². The minimum Gasteiger partial charge on any atom is -0.368 e. The summed E-state index contributed by atoms with van der Waals surface area (Å²) in [6, 6.07) is 10.9. The summed E-state index contributed by atoms with van der Waals surface area (Å²) >= 11 is 0. The van der Waals surface area contributed by atoms with Gasteiger partial charge in [-0.1, -0.05) is 6.07 Å². The molecule has 7 rings (SSSR count). The summed E-state index contributed by atoms with van der Waals surface area (Å²) < 4.78 is 2.25. The molecule has 3 aliphatic rings. The third kappa shape index (κ3) is 4.52. The van der Waals surface area contributed by atoms with Gasteiger partial charge >= 0.3 is 0 Å². The highest BCUT2D eigenvalue weighted by atomic mass is 16.2. The lowest BCUT2D eigenvalue weighted by Gasteiger charge is -2.41. The molecule has 2 atom stereocenters. The summed E-state index contributed by atoms with van der Waals surface area (Å²) in [5, 5.41) is 0. The van der Waals surface area contributed by atoms with Gasteiger partial charge in [0.2, 0.25) is 11.9 Å². The number of imidazole rings is 1. The summed E-state index contributed by atoms with van der Waals surface area (Å²) in [6.45, 7) is 2.35. The second-order valence-electron chi connectivity index (χ2n) is 11.1. The van der Waals surface area contributed by atoms with E-state index in [-0.39, 0.29) is 12.0 Å². The Morgan fingerprint density at radius 3 is 2.33 bits per heavy atom. The van der Waals surface area contributed by atoms with E-state index in [0.29, 0.717) is 23.9 Å². The molecule has 200 valence electrons. The molecule has 39 heavy (non-hydrogen) atoms. The molecule has 4 aromatic rings. The van der Waals surface area contributed by atoms with Crippen LogP contribution in [0.3, 0.4) is 0 Å². The Bertz CT molecular complexity index is 1450. The van der Waals surface area contributed by atoms with Crippen LogP contribution in [0.15, 0.2) is 55.1 Å². The number of piperidine rings is 2. The van der Waals surface area contributed by atoms with Crippen molar-refractivity contribution in [1.82, 2.24) is 39.3 Å².